The molecule has 114 valence electrons. The number of carbonyl (C=O) groups is 2. The van der Waals surface area contributed by atoms with Gasteiger partial charge in [0.05, 0.1) is 5.56 Å². The number of carbonyl (C=O) groups excluding carboxylic acids is 1. The number of nitrogens with zero attached hydrogens (tertiary/aromatic N) is 1. The molecular weight excluding hydrogens is 407 g/mol. The lowest BCUT2D eigenvalue weighted by Crippen LogP contribution is -2.13. The van der Waals surface area contributed by atoms with Crippen LogP contribution in [0.5, 0.6) is 0 Å². The average molecular weight is 418 g/mol. The van der Waals surface area contributed by atoms with E-state index in [0.717, 1.165) is 9.13 Å². The van der Waals surface area contributed by atoms with Crippen molar-refractivity contribution < 1.29 is 14.7 Å². The number of halogens is 1. The maximum absolute atomic E-state index is 12.1. The van der Waals surface area contributed by atoms with Crippen LogP contribution >= 0.6 is 22.6 Å². The average Bonchev–Trinajstić information content (AvgIpc) is 2.54. The third kappa shape index (κ3) is 4.66. The molecule has 0 fully saturated rings. The van der Waals surface area contributed by atoms with E-state index in [-0.39, 0.29) is 11.1 Å². The van der Waals surface area contributed by atoms with Crippen LogP contribution in [0.1, 0.15) is 15.9 Å². The summed E-state index contributed by atoms with van der Waals surface area (Å²) in [6.07, 6.45) is 1.48. The summed E-state index contributed by atoms with van der Waals surface area (Å²) in [5.74, 6) is -1.68. The molecule has 0 aromatic heterocycles. The highest BCUT2D eigenvalue weighted by Crippen LogP contribution is 2.14. The van der Waals surface area contributed by atoms with E-state index in [0.29, 0.717) is 5.69 Å². The highest BCUT2D eigenvalue weighted by molar-refractivity contribution is 14.1. The van der Waals surface area contributed by atoms with Crippen LogP contribution in [0, 0.1) is 14.9 Å². The number of carboxylic acid groups (broad SMARTS) is 1. The zero-order valence-corrected chi connectivity index (χ0v) is 13.9. The predicted octanol–water partition coefficient (Wildman–Crippen LogP) is 3.54. The van der Waals surface area contributed by atoms with Crippen LogP contribution in [-0.4, -0.2) is 17.0 Å². The van der Waals surface area contributed by atoms with Gasteiger partial charge in [-0.25, -0.2) is 4.79 Å². The van der Waals surface area contributed by atoms with Gasteiger partial charge >= 0.3 is 5.97 Å². The molecule has 2 N–H and O–H groups in total. The molecule has 2 aromatic carbocycles. The third-order valence-corrected chi connectivity index (χ3v) is 3.63. The van der Waals surface area contributed by atoms with E-state index in [1.54, 1.807) is 18.2 Å². The first kappa shape index (κ1) is 16.7. The van der Waals surface area contributed by atoms with Crippen molar-refractivity contribution in [3.8, 4) is 6.07 Å². The minimum atomic E-state index is -1.09. The molecule has 0 heterocycles. The number of nitrogens with one attached hydrogen (secondary N) is 1. The number of hydrogen-bond donors (Lipinski definition) is 2. The van der Waals surface area contributed by atoms with Crippen LogP contribution in [0.2, 0.25) is 0 Å². The van der Waals surface area contributed by atoms with Gasteiger partial charge in [0.2, 0.25) is 0 Å². The van der Waals surface area contributed by atoms with Gasteiger partial charge in [-0.1, -0.05) is 18.2 Å². The monoisotopic (exact) mass is 418 g/mol. The van der Waals surface area contributed by atoms with Crippen molar-refractivity contribution in [1.29, 1.82) is 5.26 Å². The summed E-state index contributed by atoms with van der Waals surface area (Å²) in [7, 11) is 0. The number of rotatable bonds is 4. The maximum Gasteiger partial charge on any atom is 0.335 e. The number of benzene rings is 2. The summed E-state index contributed by atoms with van der Waals surface area (Å²) in [6, 6.07) is 15.0. The van der Waals surface area contributed by atoms with Gasteiger partial charge in [0.25, 0.3) is 5.91 Å². The molecule has 2 aromatic rings. The molecule has 0 aliphatic carbocycles. The van der Waals surface area contributed by atoms with Crippen molar-refractivity contribution in [2.75, 3.05) is 5.32 Å². The van der Waals surface area contributed by atoms with Gasteiger partial charge in [0.1, 0.15) is 11.6 Å². The quantitative estimate of drug-likeness (QED) is 0.452. The van der Waals surface area contributed by atoms with E-state index in [4.69, 9.17) is 10.4 Å². The fraction of sp³-hybridized carbons (Fsp3) is 0. The first-order valence-electron chi connectivity index (χ1n) is 6.51. The predicted molar refractivity (Wildman–Crippen MR) is 94.8 cm³/mol. The highest BCUT2D eigenvalue weighted by atomic mass is 127. The van der Waals surface area contributed by atoms with Crippen LogP contribution in [0.15, 0.2) is 54.1 Å². The van der Waals surface area contributed by atoms with E-state index in [2.05, 4.69) is 27.9 Å². The van der Waals surface area contributed by atoms with Gasteiger partial charge in [-0.3, -0.25) is 4.79 Å². The van der Waals surface area contributed by atoms with E-state index in [1.807, 2.05) is 18.2 Å². The minimum absolute atomic E-state index is 0.0583. The Labute approximate surface area is 146 Å². The summed E-state index contributed by atoms with van der Waals surface area (Å²) >= 11 is 2.16. The topological polar surface area (TPSA) is 90.2 Å². The summed E-state index contributed by atoms with van der Waals surface area (Å²) in [5, 5.41) is 20.6. The van der Waals surface area contributed by atoms with Gasteiger partial charge in [0.15, 0.2) is 0 Å². The lowest BCUT2D eigenvalue weighted by Gasteiger charge is -2.05. The van der Waals surface area contributed by atoms with Gasteiger partial charge in [0, 0.05) is 9.26 Å². The molecule has 0 aliphatic rings. The zero-order chi connectivity index (χ0) is 16.8. The molecule has 6 heteroatoms. The zero-order valence-electron chi connectivity index (χ0n) is 11.8. The molecule has 5 nitrogen and oxygen atoms in total. The van der Waals surface area contributed by atoms with Gasteiger partial charge < -0.3 is 10.4 Å². The Morgan fingerprint density at radius 2 is 1.87 bits per heavy atom. The number of carboxylic acids is 1. The van der Waals surface area contributed by atoms with E-state index in [9.17, 15) is 9.59 Å². The minimum Gasteiger partial charge on any atom is -0.478 e. The lowest BCUT2D eigenvalue weighted by molar-refractivity contribution is -0.112. The fourth-order valence-corrected chi connectivity index (χ4v) is 2.16. The van der Waals surface area contributed by atoms with Crippen LogP contribution < -0.4 is 5.32 Å². The standard InChI is InChI=1S/C17H11IN2O3/c18-14-6-4-11(5-7-14)8-13(10-19)16(21)20-15-3-1-2-12(9-15)17(22)23/h1-9H,(H,20,21)(H,22,23). The van der Waals surface area contributed by atoms with Crippen LogP contribution in [-0.2, 0) is 4.79 Å². The molecule has 0 spiro atoms. The highest BCUT2D eigenvalue weighted by Gasteiger charge is 2.11. The molecule has 0 aliphatic heterocycles. The van der Waals surface area contributed by atoms with Gasteiger partial charge in [-0.15, -0.1) is 0 Å². The second kappa shape index (κ2) is 7.56. The molecule has 1 amide bonds. The molecule has 0 saturated heterocycles. The number of amides is 1. The van der Waals surface area contributed by atoms with E-state index in [1.165, 1.54) is 24.3 Å². The smallest absolute Gasteiger partial charge is 0.335 e. The van der Waals surface area contributed by atoms with Crippen LogP contribution in [0.4, 0.5) is 5.69 Å². The van der Waals surface area contributed by atoms with Crippen molar-refractivity contribution in [2.45, 2.75) is 0 Å². The normalized spacial score (nSPS) is 10.7. The van der Waals surface area contributed by atoms with Gasteiger partial charge in [-0.2, -0.15) is 5.26 Å². The molecule has 23 heavy (non-hydrogen) atoms. The number of anilines is 1. The largest absolute Gasteiger partial charge is 0.478 e. The number of nitriles is 1. The van der Waals surface area contributed by atoms with E-state index >= 15 is 0 Å². The molecule has 0 radical (unpaired) electrons. The summed E-state index contributed by atoms with van der Waals surface area (Å²) in [6.45, 7) is 0. The molecule has 0 unspecified atom stereocenters. The van der Waals surface area contributed by atoms with Crippen molar-refractivity contribution >= 4 is 46.2 Å². The third-order valence-electron chi connectivity index (χ3n) is 2.91. The van der Waals surface area contributed by atoms with Crippen LogP contribution in [0.3, 0.4) is 0 Å². The maximum atomic E-state index is 12.1. The number of hydrogen-bond acceptors (Lipinski definition) is 3. The molecule has 0 bridgehead atoms. The van der Waals surface area contributed by atoms with Crippen molar-refractivity contribution in [3.05, 3.63) is 68.8 Å². The van der Waals surface area contributed by atoms with Crippen molar-refractivity contribution in [1.82, 2.24) is 0 Å². The SMILES string of the molecule is N#CC(=Cc1ccc(I)cc1)C(=O)Nc1cccc(C(=O)O)c1. The summed E-state index contributed by atoms with van der Waals surface area (Å²) in [5.41, 5.74) is 1.05. The Balaban J connectivity index is 2.21. The Hall–Kier alpha value is -2.66. The summed E-state index contributed by atoms with van der Waals surface area (Å²) in [4.78, 5) is 23.1. The molecule has 2 rings (SSSR count). The lowest BCUT2D eigenvalue weighted by atomic mass is 10.1. The first-order valence-corrected chi connectivity index (χ1v) is 7.59. The second-order valence-electron chi connectivity index (χ2n) is 4.56. The Morgan fingerprint density at radius 1 is 1.17 bits per heavy atom. The van der Waals surface area contributed by atoms with Crippen molar-refractivity contribution in [2.24, 2.45) is 0 Å². The van der Waals surface area contributed by atoms with Crippen LogP contribution in [0.25, 0.3) is 6.08 Å². The summed E-state index contributed by atoms with van der Waals surface area (Å²) < 4.78 is 1.05. The Morgan fingerprint density at radius 3 is 2.48 bits per heavy atom. The van der Waals surface area contributed by atoms with Gasteiger partial charge in [-0.05, 0) is 64.6 Å². The number of aromatic carboxylic acids is 1. The Kier molecular flexibility index (Phi) is 5.49. The molecule has 0 atom stereocenters. The second-order valence-corrected chi connectivity index (χ2v) is 5.81. The first-order chi connectivity index (χ1) is 11.0. The Bertz CT molecular complexity index is 820. The molecular formula is C17H11IN2O3. The van der Waals surface area contributed by atoms with Crippen molar-refractivity contribution in [3.63, 3.8) is 0 Å². The fourth-order valence-electron chi connectivity index (χ4n) is 1.80. The van der Waals surface area contributed by atoms with E-state index < -0.39 is 11.9 Å². The molecule has 0 saturated carbocycles.